The molecule has 0 saturated carbocycles. The number of hydrogen-bond acceptors (Lipinski definition) is 4. The molecule has 5 heteroatoms. The van der Waals surface area contributed by atoms with Crippen LogP contribution in [0.5, 0.6) is 0 Å². The Labute approximate surface area is 113 Å². The van der Waals surface area contributed by atoms with Gasteiger partial charge in [-0.2, -0.15) is 0 Å². The third-order valence-electron chi connectivity index (χ3n) is 2.45. The average Bonchev–Trinajstić information content (AvgIpc) is 2.75. The van der Waals surface area contributed by atoms with Crippen molar-refractivity contribution in [3.8, 4) is 0 Å². The molecular weight excluding hydrogens is 300 g/mol. The van der Waals surface area contributed by atoms with Gasteiger partial charge in [0.1, 0.15) is 15.7 Å². The predicted molar refractivity (Wildman–Crippen MR) is 74.6 cm³/mol. The molecule has 0 aliphatic heterocycles. The van der Waals surface area contributed by atoms with Gasteiger partial charge in [-0.05, 0) is 33.6 Å². The van der Waals surface area contributed by atoms with E-state index in [0.717, 1.165) is 15.9 Å². The Bertz CT molecular complexity index is 495. The summed E-state index contributed by atoms with van der Waals surface area (Å²) < 4.78 is 0.765. The van der Waals surface area contributed by atoms with E-state index < -0.39 is 6.10 Å². The highest BCUT2D eigenvalue weighted by Crippen LogP contribution is 2.27. The second-order valence-corrected chi connectivity index (χ2v) is 5.60. The molecule has 0 amide bonds. The van der Waals surface area contributed by atoms with Crippen molar-refractivity contribution in [3.63, 3.8) is 0 Å². The third-order valence-corrected chi connectivity index (χ3v) is 4.06. The molecule has 0 saturated heterocycles. The summed E-state index contributed by atoms with van der Waals surface area (Å²) in [5.74, 6) is 0. The molecule has 1 N–H and O–H groups in total. The van der Waals surface area contributed by atoms with Crippen LogP contribution in [-0.2, 0) is 0 Å². The molecule has 0 fully saturated rings. The van der Waals surface area contributed by atoms with E-state index in [0.29, 0.717) is 5.01 Å². The molecule has 2 aromatic rings. The van der Waals surface area contributed by atoms with Crippen molar-refractivity contribution >= 4 is 33.0 Å². The Hall–Kier alpha value is -0.910. The summed E-state index contributed by atoms with van der Waals surface area (Å²) in [6.45, 7) is 0. The predicted octanol–water partition coefficient (Wildman–Crippen LogP) is 3.05. The molecule has 0 aliphatic rings. The fraction of sp³-hybridized carbons (Fsp3) is 0.250. The number of nitrogens with zero attached hydrogens (tertiary/aromatic N) is 2. The first-order valence-electron chi connectivity index (χ1n) is 5.14. The molecule has 1 aromatic heterocycles. The van der Waals surface area contributed by atoms with Crippen LogP contribution in [0.25, 0.3) is 0 Å². The number of aliphatic hydroxyl groups is 1. The topological polar surface area (TPSA) is 36.4 Å². The second-order valence-electron chi connectivity index (χ2n) is 3.90. The Morgan fingerprint density at radius 2 is 1.94 bits per heavy atom. The van der Waals surface area contributed by atoms with Crippen LogP contribution >= 0.6 is 27.3 Å². The van der Waals surface area contributed by atoms with E-state index in [9.17, 15) is 5.11 Å². The van der Waals surface area contributed by atoms with Crippen LogP contribution < -0.4 is 4.90 Å². The molecule has 17 heavy (non-hydrogen) atoms. The standard InChI is InChI=1S/C12H13BrN2OS/c1-15(2)9-5-3-8(4-6-9)11(16)12-14-10(13)7-17-12/h3-7,11,16H,1-2H3. The quantitative estimate of drug-likeness (QED) is 0.946. The van der Waals surface area contributed by atoms with Gasteiger partial charge in [-0.25, -0.2) is 4.98 Å². The Morgan fingerprint density at radius 1 is 1.29 bits per heavy atom. The van der Waals surface area contributed by atoms with Crippen LogP contribution in [-0.4, -0.2) is 24.2 Å². The van der Waals surface area contributed by atoms with E-state index in [1.807, 2.05) is 48.6 Å². The van der Waals surface area contributed by atoms with Gasteiger partial charge in [0.25, 0.3) is 0 Å². The number of benzene rings is 1. The SMILES string of the molecule is CN(C)c1ccc(C(O)c2nc(Br)cs2)cc1. The van der Waals surface area contributed by atoms with Crippen molar-refractivity contribution in [2.45, 2.75) is 6.10 Å². The van der Waals surface area contributed by atoms with Crippen molar-refractivity contribution < 1.29 is 5.11 Å². The van der Waals surface area contributed by atoms with Crippen molar-refractivity contribution in [2.75, 3.05) is 19.0 Å². The first-order valence-corrected chi connectivity index (χ1v) is 6.81. The van der Waals surface area contributed by atoms with Crippen molar-refractivity contribution in [3.05, 3.63) is 44.8 Å². The summed E-state index contributed by atoms with van der Waals surface area (Å²) in [4.78, 5) is 6.24. The van der Waals surface area contributed by atoms with Crippen LogP contribution in [0.3, 0.4) is 0 Å². The fourth-order valence-corrected chi connectivity index (χ4v) is 2.77. The van der Waals surface area contributed by atoms with Crippen molar-refractivity contribution in [1.82, 2.24) is 4.98 Å². The molecule has 0 aliphatic carbocycles. The van der Waals surface area contributed by atoms with Crippen LogP contribution in [0.1, 0.15) is 16.7 Å². The number of anilines is 1. The lowest BCUT2D eigenvalue weighted by Crippen LogP contribution is -2.08. The molecule has 1 heterocycles. The number of halogens is 1. The maximum atomic E-state index is 10.1. The lowest BCUT2D eigenvalue weighted by molar-refractivity contribution is 0.219. The minimum atomic E-state index is -0.650. The molecular formula is C12H13BrN2OS. The molecule has 0 bridgehead atoms. The highest BCUT2D eigenvalue weighted by atomic mass is 79.9. The van der Waals surface area contributed by atoms with Gasteiger partial charge in [0.05, 0.1) is 0 Å². The molecule has 0 spiro atoms. The summed E-state index contributed by atoms with van der Waals surface area (Å²) in [6, 6.07) is 7.83. The van der Waals surface area contributed by atoms with Crippen LogP contribution in [0, 0.1) is 0 Å². The summed E-state index contributed by atoms with van der Waals surface area (Å²) in [7, 11) is 3.98. The zero-order valence-corrected chi connectivity index (χ0v) is 12.0. The van der Waals surface area contributed by atoms with Gasteiger partial charge in [0.15, 0.2) is 0 Å². The van der Waals surface area contributed by atoms with E-state index >= 15 is 0 Å². The summed E-state index contributed by atoms with van der Waals surface area (Å²) >= 11 is 4.73. The lowest BCUT2D eigenvalue weighted by Gasteiger charge is -2.14. The van der Waals surface area contributed by atoms with Gasteiger partial charge in [-0.15, -0.1) is 11.3 Å². The largest absolute Gasteiger partial charge is 0.381 e. The van der Waals surface area contributed by atoms with E-state index in [4.69, 9.17) is 0 Å². The van der Waals surface area contributed by atoms with Gasteiger partial charge in [0, 0.05) is 25.2 Å². The molecule has 2 rings (SSSR count). The summed E-state index contributed by atoms with van der Waals surface area (Å²) in [5.41, 5.74) is 1.97. The van der Waals surface area contributed by atoms with Gasteiger partial charge in [-0.1, -0.05) is 12.1 Å². The van der Waals surface area contributed by atoms with Crippen molar-refractivity contribution in [2.24, 2.45) is 0 Å². The van der Waals surface area contributed by atoms with E-state index in [1.165, 1.54) is 11.3 Å². The van der Waals surface area contributed by atoms with E-state index in [2.05, 4.69) is 20.9 Å². The van der Waals surface area contributed by atoms with Crippen LogP contribution in [0.4, 0.5) is 5.69 Å². The number of hydrogen-bond donors (Lipinski definition) is 1. The molecule has 1 atom stereocenters. The van der Waals surface area contributed by atoms with Gasteiger partial charge in [0.2, 0.25) is 0 Å². The van der Waals surface area contributed by atoms with E-state index in [1.54, 1.807) is 0 Å². The highest BCUT2D eigenvalue weighted by molar-refractivity contribution is 9.10. The highest BCUT2D eigenvalue weighted by Gasteiger charge is 2.14. The van der Waals surface area contributed by atoms with Gasteiger partial charge < -0.3 is 10.0 Å². The monoisotopic (exact) mass is 312 g/mol. The zero-order valence-electron chi connectivity index (χ0n) is 9.59. The number of thiazole rings is 1. The average molecular weight is 313 g/mol. The molecule has 3 nitrogen and oxygen atoms in total. The first kappa shape index (κ1) is 12.5. The Morgan fingerprint density at radius 3 is 2.41 bits per heavy atom. The number of aromatic nitrogens is 1. The maximum absolute atomic E-state index is 10.1. The third kappa shape index (κ3) is 2.86. The maximum Gasteiger partial charge on any atom is 0.131 e. The molecule has 0 radical (unpaired) electrons. The smallest absolute Gasteiger partial charge is 0.131 e. The van der Waals surface area contributed by atoms with E-state index in [-0.39, 0.29) is 0 Å². The lowest BCUT2D eigenvalue weighted by atomic mass is 10.1. The Balaban J connectivity index is 2.22. The zero-order chi connectivity index (χ0) is 12.4. The van der Waals surface area contributed by atoms with Gasteiger partial charge >= 0.3 is 0 Å². The van der Waals surface area contributed by atoms with Crippen LogP contribution in [0.15, 0.2) is 34.2 Å². The minimum Gasteiger partial charge on any atom is -0.381 e. The van der Waals surface area contributed by atoms with Crippen LogP contribution in [0.2, 0.25) is 0 Å². The first-order chi connectivity index (χ1) is 8.08. The fourth-order valence-electron chi connectivity index (χ4n) is 1.49. The Kier molecular flexibility index (Phi) is 3.81. The summed E-state index contributed by atoms with van der Waals surface area (Å²) in [5, 5.41) is 12.7. The summed E-state index contributed by atoms with van der Waals surface area (Å²) in [6.07, 6.45) is -0.650. The molecule has 1 aromatic carbocycles. The normalized spacial score (nSPS) is 12.5. The second kappa shape index (κ2) is 5.16. The van der Waals surface area contributed by atoms with Crippen molar-refractivity contribution in [1.29, 1.82) is 0 Å². The molecule has 90 valence electrons. The van der Waals surface area contributed by atoms with Gasteiger partial charge in [-0.3, -0.25) is 0 Å². The number of rotatable bonds is 3. The minimum absolute atomic E-state index is 0.650. The molecule has 1 unspecified atom stereocenters. The number of aliphatic hydroxyl groups excluding tert-OH is 1.